The van der Waals surface area contributed by atoms with E-state index in [0.717, 1.165) is 18.7 Å². The summed E-state index contributed by atoms with van der Waals surface area (Å²) in [5, 5.41) is 13.6. The summed E-state index contributed by atoms with van der Waals surface area (Å²) >= 11 is 0. The van der Waals surface area contributed by atoms with Crippen LogP contribution in [-0.4, -0.2) is 38.3 Å². The number of benzene rings is 1. The molecule has 5 heteroatoms. The van der Waals surface area contributed by atoms with E-state index >= 15 is 0 Å². The molecule has 0 saturated carbocycles. The Morgan fingerprint density at radius 1 is 1.36 bits per heavy atom. The lowest BCUT2D eigenvalue weighted by Crippen LogP contribution is -2.36. The molecule has 1 N–H and O–H groups in total. The highest BCUT2D eigenvalue weighted by atomic mass is 16.4. The molecule has 0 aliphatic carbocycles. The van der Waals surface area contributed by atoms with E-state index in [1.54, 1.807) is 22.9 Å². The Morgan fingerprint density at radius 2 is 2.18 bits per heavy atom. The first-order valence-electron chi connectivity index (χ1n) is 7.75. The van der Waals surface area contributed by atoms with E-state index < -0.39 is 5.97 Å². The van der Waals surface area contributed by atoms with Crippen molar-refractivity contribution in [1.29, 1.82) is 0 Å². The number of carbonyl (C=O) groups is 1. The highest BCUT2D eigenvalue weighted by Crippen LogP contribution is 2.20. The maximum Gasteiger partial charge on any atom is 0.337 e. The number of rotatable bonds is 4. The molecule has 1 saturated heterocycles. The number of nitrogens with zero attached hydrogens (tertiary/aromatic N) is 3. The third-order valence-electron chi connectivity index (χ3n) is 4.34. The Hall–Kier alpha value is -2.14. The fraction of sp³-hybridized carbons (Fsp3) is 0.412. The average Bonchev–Trinajstić information content (AvgIpc) is 2.98. The molecule has 116 valence electrons. The minimum Gasteiger partial charge on any atom is -0.478 e. The van der Waals surface area contributed by atoms with Crippen LogP contribution in [0.25, 0.3) is 5.69 Å². The van der Waals surface area contributed by atoms with Crippen LogP contribution in [-0.2, 0) is 6.54 Å². The molecule has 0 spiro atoms. The molecule has 2 heterocycles. The second-order valence-electron chi connectivity index (χ2n) is 5.93. The van der Waals surface area contributed by atoms with Crippen LogP contribution in [0.5, 0.6) is 0 Å². The zero-order valence-electron chi connectivity index (χ0n) is 12.8. The van der Waals surface area contributed by atoms with Gasteiger partial charge >= 0.3 is 5.97 Å². The Balaban J connectivity index is 1.81. The number of piperidine rings is 1. The van der Waals surface area contributed by atoms with Gasteiger partial charge in [0.05, 0.1) is 17.4 Å². The second-order valence-corrected chi connectivity index (χ2v) is 5.93. The standard InChI is InChI=1S/C17H21N3O2/c1-13-6-4-5-9-19(13)11-14-10-18-20(12-14)16-8-3-2-7-15(16)17(21)22/h2-3,7-8,10,12-13H,4-6,9,11H2,1H3,(H,21,22)/t13-/m0/s1. The van der Waals surface area contributed by atoms with Gasteiger partial charge in [-0.15, -0.1) is 0 Å². The Bertz CT molecular complexity index is 665. The van der Waals surface area contributed by atoms with Crippen molar-refractivity contribution in [3.8, 4) is 5.69 Å². The van der Waals surface area contributed by atoms with E-state index in [9.17, 15) is 9.90 Å². The zero-order chi connectivity index (χ0) is 15.5. The summed E-state index contributed by atoms with van der Waals surface area (Å²) < 4.78 is 1.66. The van der Waals surface area contributed by atoms with Crippen LogP contribution in [0.4, 0.5) is 0 Å². The SMILES string of the molecule is C[C@H]1CCCCN1Cc1cnn(-c2ccccc2C(=O)O)c1. The summed E-state index contributed by atoms with van der Waals surface area (Å²) in [6, 6.07) is 7.54. The minimum absolute atomic E-state index is 0.267. The second kappa shape index (κ2) is 6.32. The molecule has 22 heavy (non-hydrogen) atoms. The van der Waals surface area contributed by atoms with Gasteiger partial charge in [0, 0.05) is 24.3 Å². The van der Waals surface area contributed by atoms with E-state index in [2.05, 4.69) is 16.9 Å². The summed E-state index contributed by atoms with van der Waals surface area (Å²) in [4.78, 5) is 13.8. The van der Waals surface area contributed by atoms with Gasteiger partial charge in [-0.1, -0.05) is 18.6 Å². The van der Waals surface area contributed by atoms with Crippen LogP contribution in [0.3, 0.4) is 0 Å². The van der Waals surface area contributed by atoms with Gasteiger partial charge in [0.1, 0.15) is 0 Å². The lowest BCUT2D eigenvalue weighted by atomic mass is 10.0. The summed E-state index contributed by atoms with van der Waals surface area (Å²) in [5.74, 6) is -0.933. The molecule has 3 rings (SSSR count). The number of para-hydroxylation sites is 1. The van der Waals surface area contributed by atoms with Gasteiger partial charge in [0.25, 0.3) is 0 Å². The first kappa shape index (κ1) is 14.8. The molecule has 1 aromatic carbocycles. The highest BCUT2D eigenvalue weighted by molar-refractivity contribution is 5.91. The summed E-state index contributed by atoms with van der Waals surface area (Å²) in [6.45, 7) is 4.26. The lowest BCUT2D eigenvalue weighted by molar-refractivity contribution is 0.0696. The molecule has 2 aromatic rings. The third kappa shape index (κ3) is 3.04. The van der Waals surface area contributed by atoms with Gasteiger partial charge in [0.15, 0.2) is 0 Å². The quantitative estimate of drug-likeness (QED) is 0.943. The van der Waals surface area contributed by atoms with Crippen molar-refractivity contribution in [3.63, 3.8) is 0 Å². The smallest absolute Gasteiger partial charge is 0.337 e. The normalized spacial score (nSPS) is 19.2. The summed E-state index contributed by atoms with van der Waals surface area (Å²) in [6.07, 6.45) is 7.57. The van der Waals surface area contributed by atoms with E-state index in [-0.39, 0.29) is 5.56 Å². The first-order chi connectivity index (χ1) is 10.6. The van der Waals surface area contributed by atoms with Crippen LogP contribution in [0.1, 0.15) is 42.1 Å². The molecule has 1 aliphatic rings. The van der Waals surface area contributed by atoms with Crippen LogP contribution in [0.2, 0.25) is 0 Å². The van der Waals surface area contributed by atoms with Gasteiger partial charge in [-0.3, -0.25) is 4.90 Å². The maximum atomic E-state index is 11.3. The molecule has 0 bridgehead atoms. The number of carboxylic acid groups (broad SMARTS) is 1. The van der Waals surface area contributed by atoms with E-state index in [1.807, 2.05) is 18.5 Å². The van der Waals surface area contributed by atoms with Gasteiger partial charge in [0.2, 0.25) is 0 Å². The van der Waals surface area contributed by atoms with Crippen molar-refractivity contribution in [2.45, 2.75) is 38.8 Å². The lowest BCUT2D eigenvalue weighted by Gasteiger charge is -2.32. The van der Waals surface area contributed by atoms with Gasteiger partial charge < -0.3 is 5.11 Å². The summed E-state index contributed by atoms with van der Waals surface area (Å²) in [7, 11) is 0. The molecule has 5 nitrogen and oxygen atoms in total. The van der Waals surface area contributed by atoms with Crippen LogP contribution in [0, 0.1) is 0 Å². The van der Waals surface area contributed by atoms with Crippen LogP contribution >= 0.6 is 0 Å². The average molecular weight is 299 g/mol. The maximum absolute atomic E-state index is 11.3. The number of hydrogen-bond donors (Lipinski definition) is 1. The molecule has 1 fully saturated rings. The van der Waals surface area contributed by atoms with Crippen molar-refractivity contribution in [2.24, 2.45) is 0 Å². The molecular formula is C17H21N3O2. The molecule has 0 unspecified atom stereocenters. The molecule has 1 aliphatic heterocycles. The topological polar surface area (TPSA) is 58.4 Å². The van der Waals surface area contributed by atoms with E-state index in [1.165, 1.54) is 19.3 Å². The predicted octanol–water partition coefficient (Wildman–Crippen LogP) is 2.94. The number of carboxylic acids is 1. The van der Waals surface area contributed by atoms with Gasteiger partial charge in [-0.25, -0.2) is 9.48 Å². The summed E-state index contributed by atoms with van der Waals surface area (Å²) in [5.41, 5.74) is 1.99. The van der Waals surface area contributed by atoms with Crippen LogP contribution < -0.4 is 0 Å². The monoisotopic (exact) mass is 299 g/mol. The van der Waals surface area contributed by atoms with Crippen molar-refractivity contribution in [2.75, 3.05) is 6.54 Å². The van der Waals surface area contributed by atoms with E-state index in [0.29, 0.717) is 11.7 Å². The van der Waals surface area contributed by atoms with Crippen LogP contribution in [0.15, 0.2) is 36.7 Å². The first-order valence-corrected chi connectivity index (χ1v) is 7.75. The molecule has 1 aromatic heterocycles. The Morgan fingerprint density at radius 3 is 2.95 bits per heavy atom. The number of aromatic carboxylic acids is 1. The zero-order valence-corrected chi connectivity index (χ0v) is 12.8. The fourth-order valence-corrected chi connectivity index (χ4v) is 3.05. The Labute approximate surface area is 130 Å². The Kier molecular flexibility index (Phi) is 4.24. The fourth-order valence-electron chi connectivity index (χ4n) is 3.05. The molecule has 0 radical (unpaired) electrons. The largest absolute Gasteiger partial charge is 0.478 e. The van der Waals surface area contributed by atoms with Crippen molar-refractivity contribution in [3.05, 3.63) is 47.8 Å². The highest BCUT2D eigenvalue weighted by Gasteiger charge is 2.19. The van der Waals surface area contributed by atoms with Crippen molar-refractivity contribution >= 4 is 5.97 Å². The van der Waals surface area contributed by atoms with Crippen molar-refractivity contribution < 1.29 is 9.90 Å². The van der Waals surface area contributed by atoms with Crippen molar-refractivity contribution in [1.82, 2.24) is 14.7 Å². The molecular weight excluding hydrogens is 278 g/mol. The predicted molar refractivity (Wildman–Crippen MR) is 84.2 cm³/mol. The molecule has 1 atom stereocenters. The molecule has 0 amide bonds. The third-order valence-corrected chi connectivity index (χ3v) is 4.34. The number of aromatic nitrogens is 2. The number of hydrogen-bond acceptors (Lipinski definition) is 3. The number of likely N-dealkylation sites (tertiary alicyclic amines) is 1. The minimum atomic E-state index is -0.933. The van der Waals surface area contributed by atoms with Gasteiger partial charge in [-0.05, 0) is 38.4 Å². The van der Waals surface area contributed by atoms with E-state index in [4.69, 9.17) is 0 Å². The van der Waals surface area contributed by atoms with Gasteiger partial charge in [-0.2, -0.15) is 5.10 Å².